The molecule has 0 amide bonds. The van der Waals surface area contributed by atoms with E-state index in [4.69, 9.17) is 0 Å². The van der Waals surface area contributed by atoms with E-state index >= 15 is 0 Å². The molecule has 0 fully saturated rings. The van der Waals surface area contributed by atoms with Crippen molar-refractivity contribution in [3.63, 3.8) is 0 Å². The molecule has 0 aliphatic heterocycles. The summed E-state index contributed by atoms with van der Waals surface area (Å²) in [5.41, 5.74) is 3.33. The highest BCUT2D eigenvalue weighted by Gasteiger charge is 2.07. The second-order valence-electron chi connectivity index (χ2n) is 4.73. The van der Waals surface area contributed by atoms with Crippen LogP contribution in [0.1, 0.15) is 37.6 Å². The quantitative estimate of drug-likeness (QED) is 0.871. The lowest BCUT2D eigenvalue weighted by Crippen LogP contribution is -2.02. The Labute approximate surface area is 127 Å². The summed E-state index contributed by atoms with van der Waals surface area (Å²) in [4.78, 5) is 0.349. The number of aryl methyl sites for hydroxylation is 2. The van der Waals surface area contributed by atoms with Gasteiger partial charge in [0.1, 0.15) is 0 Å². The number of nitrogens with zero attached hydrogens (tertiary/aromatic N) is 2. The van der Waals surface area contributed by atoms with Gasteiger partial charge >= 0.3 is 0 Å². The number of aromatic nitrogens is 2. The van der Waals surface area contributed by atoms with Crippen LogP contribution in [0.15, 0.2) is 35.4 Å². The standard InChI is InChI=1S/C14H18N2O2S.C2H6/c1-4-14-11(2)9-16(15-14)10-12-5-7-13(8-6-12)19(3,17)18;1-2/h5-9H,4,10H2,1-3H3;1-2H3. The predicted molar refractivity (Wildman–Crippen MR) is 86.3 cm³/mol. The summed E-state index contributed by atoms with van der Waals surface area (Å²) < 4.78 is 24.6. The maximum atomic E-state index is 11.4. The Morgan fingerprint density at radius 3 is 2.14 bits per heavy atom. The van der Waals surface area contributed by atoms with E-state index in [1.165, 1.54) is 11.8 Å². The van der Waals surface area contributed by atoms with E-state index in [2.05, 4.69) is 18.9 Å². The Kier molecular flexibility index (Phi) is 6.15. The average molecular weight is 308 g/mol. The van der Waals surface area contributed by atoms with Gasteiger partial charge in [-0.2, -0.15) is 5.10 Å². The molecule has 0 saturated heterocycles. The molecule has 4 nitrogen and oxygen atoms in total. The maximum Gasteiger partial charge on any atom is 0.175 e. The molecule has 1 aromatic carbocycles. The van der Waals surface area contributed by atoms with Crippen molar-refractivity contribution in [3.8, 4) is 0 Å². The van der Waals surface area contributed by atoms with Gasteiger partial charge < -0.3 is 0 Å². The van der Waals surface area contributed by atoms with Crippen LogP contribution in [-0.2, 0) is 22.8 Å². The largest absolute Gasteiger partial charge is 0.268 e. The highest BCUT2D eigenvalue weighted by atomic mass is 32.2. The van der Waals surface area contributed by atoms with Gasteiger partial charge in [0.25, 0.3) is 0 Å². The van der Waals surface area contributed by atoms with Crippen LogP contribution >= 0.6 is 0 Å². The number of rotatable bonds is 4. The molecule has 2 rings (SSSR count). The van der Waals surface area contributed by atoms with Crippen molar-refractivity contribution in [1.82, 2.24) is 9.78 Å². The summed E-state index contributed by atoms with van der Waals surface area (Å²) in [7, 11) is -3.12. The van der Waals surface area contributed by atoms with Crippen LogP contribution in [0.4, 0.5) is 0 Å². The van der Waals surface area contributed by atoms with Crippen LogP contribution < -0.4 is 0 Å². The fourth-order valence-electron chi connectivity index (χ4n) is 2.02. The van der Waals surface area contributed by atoms with Crippen LogP contribution in [0, 0.1) is 6.92 Å². The fraction of sp³-hybridized carbons (Fsp3) is 0.438. The molecule has 0 spiro atoms. The minimum absolute atomic E-state index is 0.349. The first-order valence-corrected chi connectivity index (χ1v) is 9.11. The van der Waals surface area contributed by atoms with E-state index in [1.807, 2.05) is 36.9 Å². The molecule has 0 saturated carbocycles. The summed E-state index contributed by atoms with van der Waals surface area (Å²) in [5, 5.41) is 4.49. The number of hydrogen-bond acceptors (Lipinski definition) is 3. The summed E-state index contributed by atoms with van der Waals surface area (Å²) >= 11 is 0. The highest BCUT2D eigenvalue weighted by molar-refractivity contribution is 7.90. The van der Waals surface area contributed by atoms with Crippen molar-refractivity contribution in [1.29, 1.82) is 0 Å². The van der Waals surface area contributed by atoms with Gasteiger partial charge in [0.2, 0.25) is 0 Å². The Hall–Kier alpha value is -1.62. The molecule has 0 unspecified atom stereocenters. The lowest BCUT2D eigenvalue weighted by Gasteiger charge is -2.03. The molecule has 0 aliphatic carbocycles. The number of benzene rings is 1. The van der Waals surface area contributed by atoms with E-state index in [9.17, 15) is 8.42 Å². The maximum absolute atomic E-state index is 11.4. The topological polar surface area (TPSA) is 52.0 Å². The monoisotopic (exact) mass is 308 g/mol. The number of sulfone groups is 1. The zero-order valence-corrected chi connectivity index (χ0v) is 14.2. The molecule has 0 N–H and O–H groups in total. The first-order valence-electron chi connectivity index (χ1n) is 7.22. The van der Waals surface area contributed by atoms with Gasteiger partial charge in [-0.25, -0.2) is 8.42 Å². The van der Waals surface area contributed by atoms with Crippen molar-refractivity contribution in [2.75, 3.05) is 6.26 Å². The van der Waals surface area contributed by atoms with Gasteiger partial charge in [0.15, 0.2) is 9.84 Å². The third-order valence-electron chi connectivity index (χ3n) is 3.08. The second-order valence-corrected chi connectivity index (χ2v) is 6.74. The average Bonchev–Trinajstić information content (AvgIpc) is 2.80. The minimum Gasteiger partial charge on any atom is -0.268 e. The second kappa shape index (κ2) is 7.41. The first kappa shape index (κ1) is 17.4. The van der Waals surface area contributed by atoms with Crippen molar-refractivity contribution >= 4 is 9.84 Å². The lowest BCUT2D eigenvalue weighted by molar-refractivity contribution is 0.601. The van der Waals surface area contributed by atoms with E-state index in [0.717, 1.165) is 17.7 Å². The van der Waals surface area contributed by atoms with Gasteiger partial charge in [-0.15, -0.1) is 0 Å². The Morgan fingerprint density at radius 1 is 1.14 bits per heavy atom. The minimum atomic E-state index is -3.12. The Bertz CT molecular complexity index is 671. The predicted octanol–water partition coefficient (Wildman–Crippen LogP) is 3.23. The molecule has 21 heavy (non-hydrogen) atoms. The molecular weight excluding hydrogens is 284 g/mol. The molecule has 0 radical (unpaired) electrons. The van der Waals surface area contributed by atoms with E-state index in [-0.39, 0.29) is 0 Å². The SMILES string of the molecule is CC.CCc1nn(Cc2ccc(S(C)(=O)=O)cc2)cc1C. The third-order valence-corrected chi connectivity index (χ3v) is 4.21. The van der Waals surface area contributed by atoms with E-state index in [0.29, 0.717) is 11.4 Å². The molecule has 116 valence electrons. The van der Waals surface area contributed by atoms with E-state index < -0.39 is 9.84 Å². The Balaban J connectivity index is 0.00000106. The smallest absolute Gasteiger partial charge is 0.175 e. The van der Waals surface area contributed by atoms with Crippen molar-refractivity contribution in [2.45, 2.75) is 45.6 Å². The highest BCUT2D eigenvalue weighted by Crippen LogP contribution is 2.12. The van der Waals surface area contributed by atoms with E-state index in [1.54, 1.807) is 12.1 Å². The van der Waals surface area contributed by atoms with Crippen molar-refractivity contribution < 1.29 is 8.42 Å². The van der Waals surface area contributed by atoms with Crippen LogP contribution in [-0.4, -0.2) is 24.5 Å². The van der Waals surface area contributed by atoms with Crippen molar-refractivity contribution in [3.05, 3.63) is 47.3 Å². The molecule has 5 heteroatoms. The number of hydrogen-bond donors (Lipinski definition) is 0. The van der Waals surface area contributed by atoms with Gasteiger partial charge in [0, 0.05) is 12.5 Å². The summed E-state index contributed by atoms with van der Waals surface area (Å²) in [6.07, 6.45) is 4.15. The van der Waals surface area contributed by atoms with Gasteiger partial charge in [0.05, 0.1) is 17.1 Å². The van der Waals surface area contributed by atoms with Gasteiger partial charge in [-0.1, -0.05) is 32.9 Å². The van der Waals surface area contributed by atoms with Gasteiger partial charge in [-0.3, -0.25) is 4.68 Å². The summed E-state index contributed by atoms with van der Waals surface area (Å²) in [6, 6.07) is 6.95. The van der Waals surface area contributed by atoms with Crippen LogP contribution in [0.5, 0.6) is 0 Å². The third kappa shape index (κ3) is 4.70. The summed E-state index contributed by atoms with van der Waals surface area (Å²) in [6.45, 7) is 8.79. The first-order chi connectivity index (χ1) is 9.90. The molecule has 0 bridgehead atoms. The molecule has 0 aliphatic rings. The van der Waals surface area contributed by atoms with Crippen LogP contribution in [0.25, 0.3) is 0 Å². The molecule has 1 aromatic heterocycles. The van der Waals surface area contributed by atoms with Gasteiger partial charge in [-0.05, 0) is 36.6 Å². The normalized spacial score (nSPS) is 10.9. The van der Waals surface area contributed by atoms with Crippen LogP contribution in [0.2, 0.25) is 0 Å². The summed E-state index contributed by atoms with van der Waals surface area (Å²) in [5.74, 6) is 0. The lowest BCUT2D eigenvalue weighted by atomic mass is 10.2. The molecule has 0 atom stereocenters. The molecule has 2 aromatic rings. The zero-order valence-electron chi connectivity index (χ0n) is 13.4. The molecular formula is C16H24N2O2S. The fourth-order valence-corrected chi connectivity index (χ4v) is 2.65. The van der Waals surface area contributed by atoms with Crippen molar-refractivity contribution in [2.24, 2.45) is 0 Å². The Morgan fingerprint density at radius 2 is 1.71 bits per heavy atom. The van der Waals surface area contributed by atoms with Crippen LogP contribution in [0.3, 0.4) is 0 Å². The zero-order chi connectivity index (χ0) is 16.0. The molecule has 1 heterocycles.